The molecule has 0 heterocycles. The van der Waals surface area contributed by atoms with Gasteiger partial charge in [-0.1, -0.05) is 30.3 Å². The van der Waals surface area contributed by atoms with E-state index in [9.17, 15) is 14.2 Å². The topological polar surface area (TPSA) is 80.7 Å². The van der Waals surface area contributed by atoms with Crippen LogP contribution in [0.3, 0.4) is 0 Å². The van der Waals surface area contributed by atoms with Crippen molar-refractivity contribution in [2.24, 2.45) is 5.92 Å². The van der Waals surface area contributed by atoms with Crippen LogP contribution in [0.25, 0.3) is 0 Å². The van der Waals surface area contributed by atoms with E-state index in [0.29, 0.717) is 5.56 Å². The van der Waals surface area contributed by atoms with Gasteiger partial charge in [0.1, 0.15) is 5.92 Å². The van der Waals surface area contributed by atoms with Crippen molar-refractivity contribution in [1.82, 2.24) is 0 Å². The minimum atomic E-state index is -2.49. The van der Waals surface area contributed by atoms with E-state index in [0.717, 1.165) is 0 Å². The lowest BCUT2D eigenvalue weighted by Gasteiger charge is -2.08. The molecular weight excluding hydrogens is 279 g/mol. The molecule has 0 amide bonds. The molecule has 1 rings (SSSR count). The molecule has 0 aliphatic heterocycles. The summed E-state index contributed by atoms with van der Waals surface area (Å²) in [6.07, 6.45) is 4.82. The van der Waals surface area contributed by atoms with Gasteiger partial charge in [0, 0.05) is 12.0 Å². The van der Waals surface area contributed by atoms with Gasteiger partial charge in [0.2, 0.25) is 0 Å². The summed E-state index contributed by atoms with van der Waals surface area (Å²) in [5.74, 6) is 0.312. The summed E-state index contributed by atoms with van der Waals surface area (Å²) in [5, 5.41) is 0. The normalized spacial score (nSPS) is 12.1. The van der Waals surface area contributed by atoms with Crippen molar-refractivity contribution in [3.63, 3.8) is 0 Å². The van der Waals surface area contributed by atoms with Crippen LogP contribution < -0.4 is 0 Å². The van der Waals surface area contributed by atoms with Gasteiger partial charge in [0.05, 0.1) is 0 Å². The summed E-state index contributed by atoms with van der Waals surface area (Å²) < 4.78 is 15.6. The largest absolute Gasteiger partial charge is 0.506 e. The molecule has 20 heavy (non-hydrogen) atoms. The number of ketones is 1. The first-order valence-corrected chi connectivity index (χ1v) is 7.26. The fourth-order valence-electron chi connectivity index (χ4n) is 1.52. The first kappa shape index (κ1) is 16.0. The number of hydrogen-bond donors (Lipinski definition) is 1. The van der Waals surface area contributed by atoms with Crippen molar-refractivity contribution in [1.29, 1.82) is 0 Å². The Kier molecular flexibility index (Phi) is 6.58. The maximum absolute atomic E-state index is 11.7. The molecule has 104 valence electrons. The zero-order valence-corrected chi connectivity index (χ0v) is 11.6. The van der Waals surface area contributed by atoms with E-state index in [4.69, 9.17) is 16.1 Å². The van der Waals surface area contributed by atoms with Crippen molar-refractivity contribution < 1.29 is 23.8 Å². The standard InChI is InChI=1S/C14H13O5P/c1-2-6-12(10-20(17)18)14(16)19-9-13(15)11-7-4-3-5-8-11/h1,3-5,7-8,12H,6,9-10H2/p+1. The molecule has 0 aliphatic carbocycles. The maximum Gasteiger partial charge on any atom is 0.506 e. The zero-order chi connectivity index (χ0) is 15.0. The third kappa shape index (κ3) is 5.31. The quantitative estimate of drug-likeness (QED) is 0.359. The Morgan fingerprint density at radius 2 is 2.00 bits per heavy atom. The van der Waals surface area contributed by atoms with Crippen LogP contribution in [0.15, 0.2) is 30.3 Å². The molecule has 6 heteroatoms. The predicted octanol–water partition coefficient (Wildman–Crippen LogP) is 1.79. The Labute approximate surface area is 117 Å². The molecule has 5 nitrogen and oxygen atoms in total. The first-order valence-electron chi connectivity index (χ1n) is 5.86. The molecule has 0 spiro atoms. The van der Waals surface area contributed by atoms with E-state index in [1.807, 2.05) is 0 Å². The SMILES string of the molecule is C#CCC(C[P+](=O)O)C(=O)OCC(=O)c1ccccc1. The van der Waals surface area contributed by atoms with E-state index in [1.165, 1.54) is 0 Å². The molecule has 0 bridgehead atoms. The fraction of sp³-hybridized carbons (Fsp3) is 0.286. The number of hydrogen-bond acceptors (Lipinski definition) is 4. The summed E-state index contributed by atoms with van der Waals surface area (Å²) in [6.45, 7) is -0.411. The summed E-state index contributed by atoms with van der Waals surface area (Å²) >= 11 is 0. The van der Waals surface area contributed by atoms with Crippen LogP contribution in [0.5, 0.6) is 0 Å². The fourth-order valence-corrected chi connectivity index (χ4v) is 2.17. The number of rotatable bonds is 7. The summed E-state index contributed by atoms with van der Waals surface area (Å²) in [5.41, 5.74) is 0.432. The molecule has 0 aliphatic rings. The number of ether oxygens (including phenoxy) is 1. The number of Topliss-reactive ketones (excluding diaryl/α,β-unsaturated/α-hetero) is 1. The van der Waals surface area contributed by atoms with Crippen molar-refractivity contribution in [3.8, 4) is 12.3 Å². The number of terminal acetylenes is 1. The van der Waals surface area contributed by atoms with E-state index in [-0.39, 0.29) is 18.4 Å². The Morgan fingerprint density at radius 1 is 1.35 bits per heavy atom. The second kappa shape index (κ2) is 8.21. The molecule has 1 aromatic carbocycles. The first-order chi connectivity index (χ1) is 9.54. The van der Waals surface area contributed by atoms with Crippen LogP contribution in [0.4, 0.5) is 0 Å². The van der Waals surface area contributed by atoms with Crippen LogP contribution >= 0.6 is 8.03 Å². The highest BCUT2D eigenvalue weighted by Crippen LogP contribution is 2.21. The van der Waals surface area contributed by atoms with E-state index >= 15 is 0 Å². The predicted molar refractivity (Wildman–Crippen MR) is 73.4 cm³/mol. The molecular formula is C14H14O5P+. The van der Waals surface area contributed by atoms with Crippen LogP contribution in [0.1, 0.15) is 16.8 Å². The molecule has 1 aromatic rings. The van der Waals surface area contributed by atoms with Crippen LogP contribution in [-0.4, -0.2) is 29.4 Å². The summed E-state index contributed by atoms with van der Waals surface area (Å²) in [7, 11) is -2.49. The minimum absolute atomic E-state index is 0.00000583. The van der Waals surface area contributed by atoms with Crippen LogP contribution in [0.2, 0.25) is 0 Å². The number of carbonyl (C=O) groups is 2. The van der Waals surface area contributed by atoms with Gasteiger partial charge >= 0.3 is 14.0 Å². The average Bonchev–Trinajstić information content (AvgIpc) is 2.44. The lowest BCUT2D eigenvalue weighted by atomic mass is 10.1. The molecule has 0 fully saturated rings. The highest BCUT2D eigenvalue weighted by molar-refractivity contribution is 7.38. The average molecular weight is 293 g/mol. The third-order valence-corrected chi connectivity index (χ3v) is 3.27. The second-order valence-electron chi connectivity index (χ2n) is 4.04. The molecule has 1 N–H and O–H groups in total. The Hall–Kier alpha value is -2.02. The Bertz CT molecular complexity index is 532. The van der Waals surface area contributed by atoms with Gasteiger partial charge in [-0.2, -0.15) is 4.89 Å². The van der Waals surface area contributed by atoms with E-state index < -0.39 is 26.5 Å². The summed E-state index contributed by atoms with van der Waals surface area (Å²) in [4.78, 5) is 32.2. The van der Waals surface area contributed by atoms with Crippen LogP contribution in [-0.2, 0) is 14.1 Å². The van der Waals surface area contributed by atoms with Gasteiger partial charge in [-0.15, -0.1) is 12.3 Å². The van der Waals surface area contributed by atoms with Crippen LogP contribution in [0, 0.1) is 18.3 Å². The Balaban J connectivity index is 2.55. The third-order valence-electron chi connectivity index (χ3n) is 2.52. The smallest absolute Gasteiger partial charge is 0.457 e. The minimum Gasteiger partial charge on any atom is -0.457 e. The lowest BCUT2D eigenvalue weighted by Crippen LogP contribution is -2.23. The number of carbonyl (C=O) groups excluding carboxylic acids is 2. The van der Waals surface area contributed by atoms with Crippen molar-refractivity contribution in [2.45, 2.75) is 6.42 Å². The van der Waals surface area contributed by atoms with E-state index in [2.05, 4.69) is 5.92 Å². The van der Waals surface area contributed by atoms with Gasteiger partial charge in [0.25, 0.3) is 0 Å². The van der Waals surface area contributed by atoms with Gasteiger partial charge < -0.3 is 4.74 Å². The van der Waals surface area contributed by atoms with Gasteiger partial charge in [-0.05, 0) is 4.57 Å². The number of benzene rings is 1. The lowest BCUT2D eigenvalue weighted by molar-refractivity contribution is -0.146. The molecule has 0 aromatic heterocycles. The number of esters is 1. The molecule has 0 radical (unpaired) electrons. The molecule has 0 saturated carbocycles. The molecule has 2 atom stereocenters. The summed E-state index contributed by atoms with van der Waals surface area (Å²) in [6, 6.07) is 8.39. The van der Waals surface area contributed by atoms with Crippen molar-refractivity contribution in [2.75, 3.05) is 12.8 Å². The highest BCUT2D eigenvalue weighted by atomic mass is 31.1. The maximum atomic E-state index is 11.7. The van der Waals surface area contributed by atoms with Gasteiger partial charge in [-0.25, -0.2) is 0 Å². The van der Waals surface area contributed by atoms with E-state index in [1.54, 1.807) is 30.3 Å². The monoisotopic (exact) mass is 293 g/mol. The highest BCUT2D eigenvalue weighted by Gasteiger charge is 2.29. The van der Waals surface area contributed by atoms with Gasteiger partial charge in [0.15, 0.2) is 18.6 Å². The Morgan fingerprint density at radius 3 is 2.55 bits per heavy atom. The van der Waals surface area contributed by atoms with Crippen molar-refractivity contribution in [3.05, 3.63) is 35.9 Å². The van der Waals surface area contributed by atoms with Gasteiger partial charge in [-0.3, -0.25) is 9.59 Å². The molecule has 0 saturated heterocycles. The zero-order valence-electron chi connectivity index (χ0n) is 10.7. The molecule has 2 unspecified atom stereocenters. The second-order valence-corrected chi connectivity index (χ2v) is 5.11. The van der Waals surface area contributed by atoms with Crippen molar-refractivity contribution >= 4 is 19.8 Å².